The number of aromatic hydroxyl groups is 1. The maximum absolute atomic E-state index is 13.2. The molecule has 0 radical (unpaired) electrons. The summed E-state index contributed by atoms with van der Waals surface area (Å²) in [7, 11) is 0. The van der Waals surface area contributed by atoms with Crippen molar-refractivity contribution in [3.63, 3.8) is 0 Å². The van der Waals surface area contributed by atoms with Crippen LogP contribution in [0.3, 0.4) is 0 Å². The zero-order valence-corrected chi connectivity index (χ0v) is 21.8. The second-order valence-corrected chi connectivity index (χ2v) is 11.5. The second-order valence-electron chi connectivity index (χ2n) is 11.5. The quantitative estimate of drug-likeness (QED) is 0.420. The van der Waals surface area contributed by atoms with Gasteiger partial charge in [-0.15, -0.1) is 0 Å². The highest BCUT2D eigenvalue weighted by Gasteiger charge is 2.66. The standard InChI is InChI=1S/C33H35NO4/c35-27-14-13-25-26-20-24-29(37-19-7-12-22-8-3-1-4-9-22)21-28(36)31-30(24)33(25,32(27)38-31)16-18-34(26)17-15-23-10-5-2-6-11-23/h1-6,8-11,21,25-26,32,36H,7,12-20H2/t25-,26+,32-,33-/m0/s1. The molecular formula is C33H35NO4. The van der Waals surface area contributed by atoms with Gasteiger partial charge in [-0.25, -0.2) is 0 Å². The first kappa shape index (κ1) is 23.8. The van der Waals surface area contributed by atoms with Crippen LogP contribution in [0.1, 0.15) is 47.9 Å². The van der Waals surface area contributed by atoms with Gasteiger partial charge in [0.2, 0.25) is 0 Å². The number of carbonyl (C=O) groups excluding carboxylic acids is 1. The van der Waals surface area contributed by atoms with E-state index in [2.05, 4.69) is 59.5 Å². The van der Waals surface area contributed by atoms with Crippen molar-refractivity contribution < 1.29 is 19.4 Å². The van der Waals surface area contributed by atoms with E-state index in [1.807, 2.05) is 6.07 Å². The summed E-state index contributed by atoms with van der Waals surface area (Å²) in [6.07, 6.45) is 5.62. The molecule has 2 fully saturated rings. The second kappa shape index (κ2) is 9.46. The first-order valence-corrected chi connectivity index (χ1v) is 14.2. The van der Waals surface area contributed by atoms with Crippen LogP contribution in [0.25, 0.3) is 0 Å². The molecule has 2 heterocycles. The highest BCUT2D eigenvalue weighted by atomic mass is 16.5. The molecule has 1 spiro atoms. The SMILES string of the molecule is O=C1CC[C@H]2[C@H]3Cc4c(OCCCc5ccccc5)cc(O)c5c4[C@@]2(CCN3CCc2ccccc2)[C@H]1O5. The molecule has 196 valence electrons. The molecule has 0 aromatic heterocycles. The van der Waals surface area contributed by atoms with Crippen molar-refractivity contribution in [2.45, 2.75) is 62.5 Å². The fourth-order valence-electron chi connectivity index (χ4n) is 7.89. The summed E-state index contributed by atoms with van der Waals surface area (Å²) in [6.45, 7) is 2.54. The molecular weight excluding hydrogens is 474 g/mol. The Morgan fingerprint density at radius 3 is 2.53 bits per heavy atom. The zero-order chi connectivity index (χ0) is 25.7. The van der Waals surface area contributed by atoms with Gasteiger partial charge in [-0.2, -0.15) is 0 Å². The summed E-state index contributed by atoms with van der Waals surface area (Å²) in [5, 5.41) is 11.0. The third-order valence-electron chi connectivity index (χ3n) is 9.55. The van der Waals surface area contributed by atoms with Gasteiger partial charge in [0.25, 0.3) is 0 Å². The van der Waals surface area contributed by atoms with Crippen LogP contribution in [0.4, 0.5) is 0 Å². The lowest BCUT2D eigenvalue weighted by atomic mass is 9.51. The van der Waals surface area contributed by atoms with E-state index in [1.165, 1.54) is 11.1 Å². The van der Waals surface area contributed by atoms with E-state index in [-0.39, 0.29) is 16.9 Å². The minimum Gasteiger partial charge on any atom is -0.504 e. The zero-order valence-electron chi connectivity index (χ0n) is 21.8. The van der Waals surface area contributed by atoms with Gasteiger partial charge in [0.1, 0.15) is 5.75 Å². The number of piperidine rings is 1. The molecule has 4 aliphatic rings. The van der Waals surface area contributed by atoms with E-state index in [1.54, 1.807) is 6.07 Å². The lowest BCUT2D eigenvalue weighted by Crippen LogP contribution is -2.66. The van der Waals surface area contributed by atoms with Gasteiger partial charge in [0.05, 0.1) is 6.61 Å². The number of nitrogens with zero attached hydrogens (tertiary/aromatic N) is 1. The number of likely N-dealkylation sites (tertiary alicyclic amines) is 1. The number of Topliss-reactive ketones (excluding diaryl/α,β-unsaturated/α-hetero) is 1. The molecule has 4 atom stereocenters. The number of ether oxygens (including phenoxy) is 2. The normalized spacial score (nSPS) is 27.1. The van der Waals surface area contributed by atoms with E-state index in [9.17, 15) is 9.90 Å². The summed E-state index contributed by atoms with van der Waals surface area (Å²) < 4.78 is 12.7. The smallest absolute Gasteiger partial charge is 0.174 e. The summed E-state index contributed by atoms with van der Waals surface area (Å²) in [6, 6.07) is 23.3. The Hall–Kier alpha value is -3.31. The van der Waals surface area contributed by atoms with E-state index in [0.29, 0.717) is 30.7 Å². The summed E-state index contributed by atoms with van der Waals surface area (Å²) in [5.74, 6) is 1.97. The largest absolute Gasteiger partial charge is 0.504 e. The molecule has 2 bridgehead atoms. The number of ketones is 1. The molecule has 5 nitrogen and oxygen atoms in total. The van der Waals surface area contributed by atoms with Gasteiger partial charge in [-0.05, 0) is 62.1 Å². The van der Waals surface area contributed by atoms with Gasteiger partial charge in [-0.3, -0.25) is 9.69 Å². The molecule has 3 aromatic carbocycles. The Morgan fingerprint density at radius 2 is 1.76 bits per heavy atom. The molecule has 2 aliphatic heterocycles. The lowest BCUT2D eigenvalue weighted by Gasteiger charge is -2.57. The first-order chi connectivity index (χ1) is 18.6. The van der Waals surface area contributed by atoms with Crippen LogP contribution in [0, 0.1) is 5.92 Å². The third-order valence-corrected chi connectivity index (χ3v) is 9.55. The van der Waals surface area contributed by atoms with E-state index >= 15 is 0 Å². The monoisotopic (exact) mass is 509 g/mol. The predicted octanol–water partition coefficient (Wildman–Crippen LogP) is 5.25. The Morgan fingerprint density at radius 1 is 1.03 bits per heavy atom. The summed E-state index contributed by atoms with van der Waals surface area (Å²) in [4.78, 5) is 15.9. The van der Waals surface area contributed by atoms with Crippen molar-refractivity contribution in [1.29, 1.82) is 0 Å². The van der Waals surface area contributed by atoms with Crippen LogP contribution in [-0.4, -0.2) is 47.6 Å². The number of hydrogen-bond acceptors (Lipinski definition) is 5. The van der Waals surface area contributed by atoms with Crippen LogP contribution in [0.2, 0.25) is 0 Å². The molecule has 3 aromatic rings. The average molecular weight is 510 g/mol. The molecule has 0 amide bonds. The van der Waals surface area contributed by atoms with Gasteiger partial charge in [0.15, 0.2) is 23.4 Å². The van der Waals surface area contributed by atoms with Crippen molar-refractivity contribution in [3.05, 3.63) is 89.0 Å². The number of carbonyl (C=O) groups is 1. The van der Waals surface area contributed by atoms with Gasteiger partial charge < -0.3 is 14.6 Å². The van der Waals surface area contributed by atoms with Gasteiger partial charge in [-0.1, -0.05) is 60.7 Å². The highest BCUT2D eigenvalue weighted by molar-refractivity contribution is 5.89. The molecule has 0 unspecified atom stereocenters. The number of phenols is 1. The van der Waals surface area contributed by atoms with Crippen molar-refractivity contribution >= 4 is 5.78 Å². The first-order valence-electron chi connectivity index (χ1n) is 14.2. The maximum atomic E-state index is 13.2. The minimum absolute atomic E-state index is 0.113. The molecule has 2 aliphatic carbocycles. The predicted molar refractivity (Wildman–Crippen MR) is 146 cm³/mol. The molecule has 1 N–H and O–H groups in total. The van der Waals surface area contributed by atoms with E-state index < -0.39 is 6.10 Å². The molecule has 1 saturated heterocycles. The van der Waals surface area contributed by atoms with Crippen LogP contribution in [-0.2, 0) is 29.5 Å². The number of rotatable bonds is 8. The van der Waals surface area contributed by atoms with Crippen LogP contribution < -0.4 is 9.47 Å². The minimum atomic E-state index is -0.478. The number of benzene rings is 3. The van der Waals surface area contributed by atoms with Crippen LogP contribution in [0.15, 0.2) is 66.7 Å². The number of aryl methyl sites for hydroxylation is 1. The Labute approximate surface area is 224 Å². The van der Waals surface area contributed by atoms with Gasteiger partial charge >= 0.3 is 0 Å². The topological polar surface area (TPSA) is 59.0 Å². The molecule has 7 rings (SSSR count). The Bertz CT molecular complexity index is 1340. The maximum Gasteiger partial charge on any atom is 0.174 e. The van der Waals surface area contributed by atoms with Crippen molar-refractivity contribution in [3.8, 4) is 17.2 Å². The molecule has 38 heavy (non-hydrogen) atoms. The van der Waals surface area contributed by atoms with Crippen molar-refractivity contribution in [2.24, 2.45) is 5.92 Å². The number of phenolic OH excluding ortho intramolecular Hbond substituents is 1. The lowest BCUT2D eigenvalue weighted by molar-refractivity contribution is -0.138. The summed E-state index contributed by atoms with van der Waals surface area (Å²) >= 11 is 0. The Kier molecular flexibility index (Phi) is 5.92. The van der Waals surface area contributed by atoms with E-state index in [4.69, 9.17) is 9.47 Å². The number of hydrogen-bond donors (Lipinski definition) is 1. The Balaban J connectivity index is 1.19. The van der Waals surface area contributed by atoms with Crippen molar-refractivity contribution in [1.82, 2.24) is 4.90 Å². The van der Waals surface area contributed by atoms with Gasteiger partial charge in [0, 0.05) is 41.6 Å². The third kappa shape index (κ3) is 3.74. The average Bonchev–Trinajstić information content (AvgIpc) is 3.30. The molecule has 1 saturated carbocycles. The molecule has 5 heteroatoms. The fraction of sp³-hybridized carbons (Fsp3) is 0.424. The fourth-order valence-corrected chi connectivity index (χ4v) is 7.89. The van der Waals surface area contributed by atoms with E-state index in [0.717, 1.165) is 68.5 Å². The van der Waals surface area contributed by atoms with Crippen LogP contribution >= 0.6 is 0 Å². The highest BCUT2D eigenvalue weighted by Crippen LogP contribution is 2.64. The summed E-state index contributed by atoms with van der Waals surface area (Å²) in [5.41, 5.74) is 4.56. The van der Waals surface area contributed by atoms with Crippen LogP contribution in [0.5, 0.6) is 17.2 Å². The van der Waals surface area contributed by atoms with Crippen molar-refractivity contribution in [2.75, 3.05) is 19.7 Å².